The van der Waals surface area contributed by atoms with Crippen LogP contribution in [0.15, 0.2) is 41.8 Å². The molecule has 0 amide bonds. The van der Waals surface area contributed by atoms with Gasteiger partial charge in [-0.05, 0) is 61.6 Å². The molecule has 0 aromatic carbocycles. The van der Waals surface area contributed by atoms with Gasteiger partial charge in [0.1, 0.15) is 17.1 Å². The van der Waals surface area contributed by atoms with Crippen molar-refractivity contribution < 1.29 is 4.74 Å². The van der Waals surface area contributed by atoms with E-state index in [-0.39, 0.29) is 18.0 Å². The zero-order valence-electron chi connectivity index (χ0n) is 20.5. The first-order valence-corrected chi connectivity index (χ1v) is 13.3. The predicted octanol–water partition coefficient (Wildman–Crippen LogP) is 4.60. The van der Waals surface area contributed by atoms with Crippen LogP contribution in [0.5, 0.6) is 0 Å². The molecule has 3 aliphatic carbocycles. The van der Waals surface area contributed by atoms with E-state index in [1.807, 2.05) is 0 Å². The lowest BCUT2D eigenvalue weighted by Crippen LogP contribution is -2.48. The molecule has 6 rings (SSSR count). The Hall–Kier alpha value is -2.35. The number of hydrogen-bond acceptors (Lipinski definition) is 6. The number of pyridine rings is 1. The zero-order valence-corrected chi connectivity index (χ0v) is 21.3. The van der Waals surface area contributed by atoms with Crippen LogP contribution in [0.2, 0.25) is 5.02 Å². The fourth-order valence-corrected chi connectivity index (χ4v) is 6.56. The van der Waals surface area contributed by atoms with Crippen molar-refractivity contribution in [3.8, 4) is 0 Å². The van der Waals surface area contributed by atoms with Crippen molar-refractivity contribution >= 4 is 28.5 Å². The topological polar surface area (TPSA) is 92.1 Å². The molecule has 3 heterocycles. The molecule has 35 heavy (non-hydrogen) atoms. The van der Waals surface area contributed by atoms with Crippen LogP contribution in [0.3, 0.4) is 0 Å². The Labute approximate surface area is 211 Å². The fourth-order valence-electron chi connectivity index (χ4n) is 6.36. The average molecular weight is 495 g/mol. The lowest BCUT2D eigenvalue weighted by molar-refractivity contribution is 0.258. The highest BCUT2D eigenvalue weighted by atomic mass is 35.5. The second-order valence-electron chi connectivity index (χ2n) is 10.9. The Morgan fingerprint density at radius 2 is 2.20 bits per heavy atom. The van der Waals surface area contributed by atoms with Crippen LogP contribution in [0.25, 0.3) is 11.2 Å². The molecule has 2 fully saturated rings. The summed E-state index contributed by atoms with van der Waals surface area (Å²) in [5.41, 5.74) is 10.3. The molecule has 8 heteroatoms. The number of fused-ring (bicyclic) bond motifs is 3. The number of nitrogens with zero attached hydrogens (tertiary/aromatic N) is 3. The lowest BCUT2D eigenvalue weighted by atomic mass is 9.80. The summed E-state index contributed by atoms with van der Waals surface area (Å²) in [4.78, 5) is 15.4. The quantitative estimate of drug-likeness (QED) is 0.508. The molecule has 0 radical (unpaired) electrons. The van der Waals surface area contributed by atoms with Crippen molar-refractivity contribution in [1.29, 1.82) is 0 Å². The van der Waals surface area contributed by atoms with Crippen molar-refractivity contribution in [2.24, 2.45) is 23.5 Å². The summed E-state index contributed by atoms with van der Waals surface area (Å²) in [5.74, 6) is 3.62. The first kappa shape index (κ1) is 23.1. The van der Waals surface area contributed by atoms with Gasteiger partial charge in [-0.2, -0.15) is 0 Å². The van der Waals surface area contributed by atoms with Gasteiger partial charge >= 0.3 is 0 Å². The van der Waals surface area contributed by atoms with E-state index in [4.69, 9.17) is 27.1 Å². The number of nitrogens with two attached hydrogens (primary N) is 1. The third-order valence-electron chi connectivity index (χ3n) is 8.31. The second kappa shape index (κ2) is 9.26. The minimum atomic E-state index is 0.0269. The minimum Gasteiger partial charge on any atom is -0.500 e. The van der Waals surface area contributed by atoms with Gasteiger partial charge in [-0.15, -0.1) is 0 Å². The van der Waals surface area contributed by atoms with E-state index in [2.05, 4.69) is 51.4 Å². The van der Waals surface area contributed by atoms with Crippen molar-refractivity contribution in [2.45, 2.75) is 50.6 Å². The number of nitrogens with one attached hydrogen (secondary N) is 2. The van der Waals surface area contributed by atoms with E-state index in [1.54, 1.807) is 13.3 Å². The standard InChI is InChI=1S/C27H35ClN6O/c1-15-7-8-34(13-15)14-17-4-6-19(22(11-17)35-2)26-32-25-24(20(28)12-30-27(25)33-26)31-21-10-16-3-5-18(9-16)23(21)29/h3-5,11-12,15-16,18-19,21,23H,6-10,13-14,29H2,1-2H3,(H2,30,31,32,33). The number of halogens is 1. The van der Waals surface area contributed by atoms with Crippen LogP contribution in [0.1, 0.15) is 44.3 Å². The van der Waals surface area contributed by atoms with Crippen molar-refractivity contribution in [2.75, 3.05) is 32.1 Å². The third-order valence-corrected chi connectivity index (χ3v) is 8.60. The van der Waals surface area contributed by atoms with Gasteiger partial charge in [0.25, 0.3) is 0 Å². The Morgan fingerprint density at radius 3 is 3.00 bits per heavy atom. The average Bonchev–Trinajstić information content (AvgIpc) is 3.58. The maximum atomic E-state index is 6.64. The summed E-state index contributed by atoms with van der Waals surface area (Å²) in [6, 6.07) is 0.224. The Kier molecular flexibility index (Phi) is 6.11. The van der Waals surface area contributed by atoms with Crippen molar-refractivity contribution in [1.82, 2.24) is 19.9 Å². The molecule has 1 saturated heterocycles. The normalized spacial score (nSPS) is 32.7. The van der Waals surface area contributed by atoms with Crippen molar-refractivity contribution in [3.05, 3.63) is 52.7 Å². The summed E-state index contributed by atoms with van der Waals surface area (Å²) < 4.78 is 5.85. The molecule has 6 unspecified atom stereocenters. The summed E-state index contributed by atoms with van der Waals surface area (Å²) in [7, 11) is 1.75. The molecular formula is C27H35ClN6O. The highest BCUT2D eigenvalue weighted by Crippen LogP contribution is 2.40. The van der Waals surface area contributed by atoms with E-state index < -0.39 is 0 Å². The van der Waals surface area contributed by atoms with E-state index in [1.165, 1.54) is 25.1 Å². The van der Waals surface area contributed by atoms with Gasteiger partial charge in [0.15, 0.2) is 5.65 Å². The molecule has 4 aliphatic rings. The largest absolute Gasteiger partial charge is 0.500 e. The molecule has 2 aromatic rings. The molecule has 186 valence electrons. The van der Waals surface area contributed by atoms with Gasteiger partial charge in [0, 0.05) is 25.2 Å². The molecule has 0 spiro atoms. The Balaban J connectivity index is 1.24. The number of likely N-dealkylation sites (tertiary alicyclic amines) is 1. The van der Waals surface area contributed by atoms with E-state index in [0.717, 1.165) is 54.5 Å². The third kappa shape index (κ3) is 4.39. The van der Waals surface area contributed by atoms with Gasteiger partial charge < -0.3 is 20.8 Å². The molecule has 1 saturated carbocycles. The summed E-state index contributed by atoms with van der Waals surface area (Å²) in [6.45, 7) is 5.65. The smallest absolute Gasteiger partial charge is 0.179 e. The molecular weight excluding hydrogens is 460 g/mol. The number of methoxy groups -OCH3 is 1. The molecule has 2 bridgehead atoms. The van der Waals surface area contributed by atoms with Crippen LogP contribution in [-0.4, -0.2) is 58.7 Å². The van der Waals surface area contributed by atoms with Gasteiger partial charge in [-0.3, -0.25) is 4.90 Å². The maximum Gasteiger partial charge on any atom is 0.179 e. The Bertz CT molecular complexity index is 1200. The van der Waals surface area contributed by atoms with Gasteiger partial charge in [-0.25, -0.2) is 9.97 Å². The number of hydrogen-bond donors (Lipinski definition) is 3. The molecule has 7 nitrogen and oxygen atoms in total. The number of H-pyrrole nitrogens is 1. The van der Waals surface area contributed by atoms with Crippen LogP contribution in [0, 0.1) is 17.8 Å². The minimum absolute atomic E-state index is 0.0269. The second-order valence-corrected chi connectivity index (χ2v) is 11.3. The van der Waals surface area contributed by atoms with Crippen LogP contribution >= 0.6 is 11.6 Å². The SMILES string of the molecule is COC1=CC(CN2CCC(C)C2)=CCC1c1nc2ncc(Cl)c(NC3CC4C=CC(C4)C3N)c2[nH]1. The van der Waals surface area contributed by atoms with E-state index in [0.29, 0.717) is 22.5 Å². The zero-order chi connectivity index (χ0) is 24.1. The predicted molar refractivity (Wildman–Crippen MR) is 140 cm³/mol. The molecule has 1 aliphatic heterocycles. The first-order valence-electron chi connectivity index (χ1n) is 12.9. The van der Waals surface area contributed by atoms with Crippen LogP contribution < -0.4 is 11.1 Å². The first-order chi connectivity index (χ1) is 17.0. The fraction of sp³-hybridized carbons (Fsp3) is 0.556. The Morgan fingerprint density at radius 1 is 1.31 bits per heavy atom. The number of rotatable bonds is 6. The number of aromatic amines is 1. The summed E-state index contributed by atoms with van der Waals surface area (Å²) >= 11 is 6.64. The van der Waals surface area contributed by atoms with Crippen LogP contribution in [0.4, 0.5) is 5.69 Å². The van der Waals surface area contributed by atoms with Gasteiger partial charge in [0.2, 0.25) is 0 Å². The van der Waals surface area contributed by atoms with Gasteiger partial charge in [-0.1, -0.05) is 36.8 Å². The number of ether oxygens (including phenoxy) is 1. The highest BCUT2D eigenvalue weighted by molar-refractivity contribution is 6.34. The summed E-state index contributed by atoms with van der Waals surface area (Å²) in [6.07, 6.45) is 15.1. The number of imidazole rings is 1. The maximum absolute atomic E-state index is 6.64. The van der Waals surface area contributed by atoms with E-state index >= 15 is 0 Å². The van der Waals surface area contributed by atoms with E-state index in [9.17, 15) is 0 Å². The molecule has 6 atom stereocenters. The van der Waals surface area contributed by atoms with Gasteiger partial charge in [0.05, 0.1) is 29.9 Å². The highest BCUT2D eigenvalue weighted by Gasteiger charge is 2.37. The summed E-state index contributed by atoms with van der Waals surface area (Å²) in [5, 5.41) is 4.25. The van der Waals surface area contributed by atoms with Crippen LogP contribution in [-0.2, 0) is 4.74 Å². The number of allylic oxidation sites excluding steroid dienone is 3. The number of anilines is 1. The van der Waals surface area contributed by atoms with Crippen molar-refractivity contribution in [3.63, 3.8) is 0 Å². The number of aromatic nitrogens is 3. The molecule has 4 N–H and O–H groups in total. The monoisotopic (exact) mass is 494 g/mol. The lowest BCUT2D eigenvalue weighted by Gasteiger charge is -2.35. The molecule has 2 aromatic heterocycles.